The van der Waals surface area contributed by atoms with E-state index in [1.165, 1.54) is 0 Å². The van der Waals surface area contributed by atoms with E-state index in [-0.39, 0.29) is 11.9 Å². The molecule has 0 rings (SSSR count). The van der Waals surface area contributed by atoms with E-state index >= 15 is 0 Å². The highest BCUT2D eigenvalue weighted by Crippen LogP contribution is 1.92. The maximum absolute atomic E-state index is 11.4. The zero-order valence-corrected chi connectivity index (χ0v) is 10.6. The van der Waals surface area contributed by atoms with Gasteiger partial charge in [-0.15, -0.1) is 0 Å². The second-order valence-electron chi connectivity index (χ2n) is 3.81. The minimum atomic E-state index is 0.0754. The summed E-state index contributed by atoms with van der Waals surface area (Å²) in [4.78, 5) is 13.9. The predicted molar refractivity (Wildman–Crippen MR) is 66.8 cm³/mol. The van der Waals surface area contributed by atoms with Crippen molar-refractivity contribution in [3.8, 4) is 0 Å². The Hall–Kier alpha value is -0.680. The Balaban J connectivity index is 3.79. The Labute approximate surface area is 97.2 Å². The lowest BCUT2D eigenvalue weighted by atomic mass is 10.3. The summed E-state index contributed by atoms with van der Waals surface area (Å²) < 4.78 is 0. The molecule has 0 aliphatic carbocycles. The molecule has 0 radical (unpaired) electrons. The summed E-state index contributed by atoms with van der Waals surface area (Å²) in [6.45, 7) is 8.06. The molecule has 0 saturated carbocycles. The fourth-order valence-electron chi connectivity index (χ4n) is 1.22. The summed E-state index contributed by atoms with van der Waals surface area (Å²) in [7, 11) is 0. The molecule has 88 valence electrons. The molecule has 3 N–H and O–H groups in total. The van der Waals surface area contributed by atoms with Crippen LogP contribution < -0.4 is 11.1 Å². The van der Waals surface area contributed by atoms with E-state index < -0.39 is 0 Å². The predicted octanol–water partition coefficient (Wildman–Crippen LogP) is 0.509. The molecule has 0 aromatic heterocycles. The number of rotatable bonds is 7. The second-order valence-corrected chi connectivity index (χ2v) is 4.33. The quantitative estimate of drug-likeness (QED) is 0.627. The van der Waals surface area contributed by atoms with Gasteiger partial charge in [0.2, 0.25) is 5.91 Å². The van der Waals surface area contributed by atoms with Crippen LogP contribution in [0.4, 0.5) is 0 Å². The van der Waals surface area contributed by atoms with Gasteiger partial charge < -0.3 is 11.1 Å². The first kappa shape index (κ1) is 14.3. The first-order valence-corrected chi connectivity index (χ1v) is 5.66. The lowest BCUT2D eigenvalue weighted by molar-refractivity contribution is -0.121. The zero-order valence-electron chi connectivity index (χ0n) is 9.75. The van der Waals surface area contributed by atoms with Crippen LogP contribution in [0.15, 0.2) is 0 Å². The molecule has 4 nitrogen and oxygen atoms in total. The second kappa shape index (κ2) is 7.59. The third kappa shape index (κ3) is 8.32. The van der Waals surface area contributed by atoms with Crippen LogP contribution in [0.2, 0.25) is 0 Å². The van der Waals surface area contributed by atoms with Crippen molar-refractivity contribution in [3.05, 3.63) is 0 Å². The van der Waals surface area contributed by atoms with E-state index in [1.54, 1.807) is 0 Å². The lowest BCUT2D eigenvalue weighted by Gasteiger charge is -2.19. The Morgan fingerprint density at radius 3 is 2.53 bits per heavy atom. The normalized spacial score (nSPS) is 10.7. The van der Waals surface area contributed by atoms with E-state index in [0.717, 1.165) is 6.54 Å². The van der Waals surface area contributed by atoms with Crippen molar-refractivity contribution in [1.29, 1.82) is 0 Å². The van der Waals surface area contributed by atoms with Gasteiger partial charge in [-0.1, -0.05) is 19.1 Å². The Bertz CT molecular complexity index is 219. The van der Waals surface area contributed by atoms with Gasteiger partial charge in [0.25, 0.3) is 0 Å². The molecule has 15 heavy (non-hydrogen) atoms. The average molecular weight is 231 g/mol. The van der Waals surface area contributed by atoms with Gasteiger partial charge in [-0.2, -0.15) is 0 Å². The van der Waals surface area contributed by atoms with Gasteiger partial charge in [-0.05, 0) is 20.4 Å². The topological polar surface area (TPSA) is 58.4 Å². The zero-order chi connectivity index (χ0) is 11.8. The van der Waals surface area contributed by atoms with E-state index in [9.17, 15) is 4.79 Å². The molecule has 0 aliphatic heterocycles. The molecular weight excluding hydrogens is 210 g/mol. The molecule has 0 spiro atoms. The minimum absolute atomic E-state index is 0.0754. The van der Waals surface area contributed by atoms with Gasteiger partial charge in [-0.25, -0.2) is 0 Å². The molecule has 0 unspecified atom stereocenters. The highest BCUT2D eigenvalue weighted by molar-refractivity contribution is 7.80. The summed E-state index contributed by atoms with van der Waals surface area (Å²) in [5, 5.41) is 2.85. The smallest absolute Gasteiger partial charge is 0.221 e. The molecule has 0 heterocycles. The number of nitrogens with zero attached hydrogens (tertiary/aromatic N) is 1. The van der Waals surface area contributed by atoms with Crippen molar-refractivity contribution in [1.82, 2.24) is 10.2 Å². The molecule has 0 aromatic rings. The van der Waals surface area contributed by atoms with E-state index in [0.29, 0.717) is 24.5 Å². The van der Waals surface area contributed by atoms with Crippen LogP contribution in [-0.2, 0) is 4.79 Å². The van der Waals surface area contributed by atoms with Crippen molar-refractivity contribution in [2.24, 2.45) is 5.73 Å². The molecule has 5 heteroatoms. The van der Waals surface area contributed by atoms with Crippen molar-refractivity contribution >= 4 is 23.1 Å². The number of hydrogen-bond donors (Lipinski definition) is 2. The van der Waals surface area contributed by atoms with Gasteiger partial charge in [0.05, 0.1) is 4.99 Å². The van der Waals surface area contributed by atoms with Crippen LogP contribution in [0.1, 0.15) is 27.2 Å². The maximum Gasteiger partial charge on any atom is 0.221 e. The fraction of sp³-hybridized carbons (Fsp3) is 0.800. The van der Waals surface area contributed by atoms with Crippen molar-refractivity contribution in [2.45, 2.75) is 33.2 Å². The van der Waals surface area contributed by atoms with Crippen LogP contribution in [0, 0.1) is 0 Å². The highest BCUT2D eigenvalue weighted by atomic mass is 32.1. The van der Waals surface area contributed by atoms with E-state index in [4.69, 9.17) is 18.0 Å². The molecule has 0 fully saturated rings. The molecule has 1 amide bonds. The number of carbonyl (C=O) groups is 1. The van der Waals surface area contributed by atoms with Crippen molar-refractivity contribution in [3.63, 3.8) is 0 Å². The van der Waals surface area contributed by atoms with Gasteiger partial charge in [0.1, 0.15) is 0 Å². The molecular formula is C10H21N3OS. The van der Waals surface area contributed by atoms with Gasteiger partial charge in [0.15, 0.2) is 0 Å². The molecule has 0 bridgehead atoms. The maximum atomic E-state index is 11.4. The van der Waals surface area contributed by atoms with Crippen LogP contribution in [0.25, 0.3) is 0 Å². The number of thiocarbonyl (C=S) groups is 1. The lowest BCUT2D eigenvalue weighted by Crippen LogP contribution is -2.37. The van der Waals surface area contributed by atoms with Crippen LogP contribution in [0.5, 0.6) is 0 Å². The van der Waals surface area contributed by atoms with Gasteiger partial charge >= 0.3 is 0 Å². The molecule has 0 aromatic carbocycles. The molecule has 0 aliphatic rings. The number of hydrogen-bond acceptors (Lipinski definition) is 3. The van der Waals surface area contributed by atoms with E-state index in [1.807, 2.05) is 20.8 Å². The fourth-order valence-corrected chi connectivity index (χ4v) is 1.41. The Morgan fingerprint density at radius 2 is 2.13 bits per heavy atom. The summed E-state index contributed by atoms with van der Waals surface area (Å²) in [6.07, 6.45) is 0.495. The van der Waals surface area contributed by atoms with Gasteiger partial charge in [0, 0.05) is 25.6 Å². The largest absolute Gasteiger partial charge is 0.392 e. The third-order valence-electron chi connectivity index (χ3n) is 1.93. The SMILES string of the molecule is CCN(CCC(=O)NC(C)C)CC(N)=S. The summed E-state index contributed by atoms with van der Waals surface area (Å²) in [6, 6.07) is 0.197. The summed E-state index contributed by atoms with van der Waals surface area (Å²) in [5.41, 5.74) is 5.45. The standard InChI is InChI=1S/C10H21N3OS/c1-4-13(7-9(11)15)6-5-10(14)12-8(2)3/h8H,4-7H2,1-3H3,(H2,11,15)(H,12,14). The van der Waals surface area contributed by atoms with E-state index in [2.05, 4.69) is 10.2 Å². The first-order chi connectivity index (χ1) is 6.95. The number of nitrogens with one attached hydrogen (secondary N) is 1. The van der Waals surface area contributed by atoms with Crippen LogP contribution in [0.3, 0.4) is 0 Å². The number of carbonyl (C=O) groups excluding carboxylic acids is 1. The van der Waals surface area contributed by atoms with Crippen molar-refractivity contribution < 1.29 is 4.79 Å². The third-order valence-corrected chi connectivity index (χ3v) is 2.06. The van der Waals surface area contributed by atoms with Gasteiger partial charge in [-0.3, -0.25) is 9.69 Å². The monoisotopic (exact) mass is 231 g/mol. The average Bonchev–Trinajstić information content (AvgIpc) is 2.10. The number of amides is 1. The Morgan fingerprint density at radius 1 is 1.53 bits per heavy atom. The molecule has 0 atom stereocenters. The molecule has 0 saturated heterocycles. The summed E-state index contributed by atoms with van der Waals surface area (Å²) >= 11 is 4.82. The highest BCUT2D eigenvalue weighted by Gasteiger charge is 2.08. The van der Waals surface area contributed by atoms with Crippen LogP contribution >= 0.6 is 12.2 Å². The Kier molecular flexibility index (Phi) is 7.25. The van der Waals surface area contributed by atoms with Crippen LogP contribution in [-0.4, -0.2) is 41.5 Å². The minimum Gasteiger partial charge on any atom is -0.392 e. The number of likely N-dealkylation sites (N-methyl/N-ethyl adjacent to an activating group) is 1. The summed E-state index contributed by atoms with van der Waals surface area (Å²) in [5.74, 6) is 0.0754. The first-order valence-electron chi connectivity index (χ1n) is 5.25. The van der Waals surface area contributed by atoms with Crippen molar-refractivity contribution in [2.75, 3.05) is 19.6 Å². The number of nitrogens with two attached hydrogens (primary N) is 1.